The number of carbonyl (C=O) groups excluding carboxylic acids is 1. The van der Waals surface area contributed by atoms with Crippen LogP contribution in [0.1, 0.15) is 5.56 Å². The van der Waals surface area contributed by atoms with E-state index in [0.717, 1.165) is 14.3 Å². The van der Waals surface area contributed by atoms with Gasteiger partial charge < -0.3 is 0 Å². The Kier molecular flexibility index (Phi) is 6.71. The Hall–Kier alpha value is -1.74. The van der Waals surface area contributed by atoms with Crippen molar-refractivity contribution in [2.24, 2.45) is 5.10 Å². The standard InChI is InChI=1S/C16H15BrClN3O3S/c1-21(25(23,24)14-8-6-13(18)7-9-14)11-16(22)20-19-10-12-4-2-3-5-15(12)17/h2-10H,11H2,1H3,(H,20,22)/b19-10-. The maximum absolute atomic E-state index is 12.4. The van der Waals surface area contributed by atoms with Crippen molar-refractivity contribution in [3.63, 3.8) is 0 Å². The molecule has 0 saturated carbocycles. The van der Waals surface area contributed by atoms with Crippen LogP contribution in [-0.4, -0.2) is 38.4 Å². The van der Waals surface area contributed by atoms with Crippen LogP contribution in [0.5, 0.6) is 0 Å². The summed E-state index contributed by atoms with van der Waals surface area (Å²) in [5.74, 6) is -0.552. The van der Waals surface area contributed by atoms with Gasteiger partial charge in [-0.3, -0.25) is 4.79 Å². The summed E-state index contributed by atoms with van der Waals surface area (Å²) >= 11 is 9.11. The molecule has 0 aromatic heterocycles. The van der Waals surface area contributed by atoms with Crippen LogP contribution in [0.2, 0.25) is 5.02 Å². The number of hydrogen-bond donors (Lipinski definition) is 1. The molecule has 0 fully saturated rings. The molecule has 0 heterocycles. The monoisotopic (exact) mass is 443 g/mol. The average Bonchev–Trinajstić information content (AvgIpc) is 2.57. The third kappa shape index (κ3) is 5.37. The summed E-state index contributed by atoms with van der Waals surface area (Å²) < 4.78 is 26.5. The quantitative estimate of drug-likeness (QED) is 0.550. The Morgan fingerprint density at radius 2 is 1.88 bits per heavy atom. The van der Waals surface area contributed by atoms with Gasteiger partial charge in [0, 0.05) is 22.1 Å². The summed E-state index contributed by atoms with van der Waals surface area (Å²) in [5, 5.41) is 4.26. The lowest BCUT2D eigenvalue weighted by Crippen LogP contribution is -2.36. The van der Waals surface area contributed by atoms with Crippen LogP contribution in [0.15, 0.2) is 63.0 Å². The molecule has 0 bridgehead atoms. The SMILES string of the molecule is CN(CC(=O)N/N=C\c1ccccc1Br)S(=O)(=O)c1ccc(Cl)cc1. The van der Waals surface area contributed by atoms with Crippen molar-refractivity contribution in [3.05, 3.63) is 63.6 Å². The summed E-state index contributed by atoms with van der Waals surface area (Å²) in [7, 11) is -2.46. The number of hydrogen-bond acceptors (Lipinski definition) is 4. The predicted octanol–water partition coefficient (Wildman–Crippen LogP) is 2.87. The first-order valence-electron chi connectivity index (χ1n) is 7.09. The summed E-state index contributed by atoms with van der Waals surface area (Å²) in [6, 6.07) is 13.1. The lowest BCUT2D eigenvalue weighted by atomic mass is 10.2. The molecule has 1 amide bonds. The van der Waals surface area contributed by atoms with Crippen molar-refractivity contribution in [2.75, 3.05) is 13.6 Å². The zero-order chi connectivity index (χ0) is 18.4. The Morgan fingerprint density at radius 3 is 2.52 bits per heavy atom. The van der Waals surface area contributed by atoms with E-state index in [1.165, 1.54) is 37.5 Å². The van der Waals surface area contributed by atoms with Crippen molar-refractivity contribution < 1.29 is 13.2 Å². The van der Waals surface area contributed by atoms with Crippen LogP contribution in [0.25, 0.3) is 0 Å². The van der Waals surface area contributed by atoms with Crippen LogP contribution >= 0.6 is 27.5 Å². The molecule has 9 heteroatoms. The number of nitrogens with zero attached hydrogens (tertiary/aromatic N) is 2. The molecule has 25 heavy (non-hydrogen) atoms. The molecule has 6 nitrogen and oxygen atoms in total. The minimum absolute atomic E-state index is 0.0592. The normalized spacial score (nSPS) is 11.8. The third-order valence-electron chi connectivity index (χ3n) is 3.19. The summed E-state index contributed by atoms with van der Waals surface area (Å²) in [6.07, 6.45) is 1.47. The number of amides is 1. The first-order chi connectivity index (χ1) is 11.8. The second-order valence-electron chi connectivity index (χ2n) is 5.03. The maximum atomic E-state index is 12.4. The number of benzene rings is 2. The molecular weight excluding hydrogens is 430 g/mol. The minimum Gasteiger partial charge on any atom is -0.272 e. The number of sulfonamides is 1. The van der Waals surface area contributed by atoms with Gasteiger partial charge >= 0.3 is 0 Å². The van der Waals surface area contributed by atoms with Gasteiger partial charge in [-0.2, -0.15) is 9.41 Å². The van der Waals surface area contributed by atoms with Crippen molar-refractivity contribution in [1.29, 1.82) is 0 Å². The topological polar surface area (TPSA) is 78.8 Å². The molecule has 2 aromatic rings. The van der Waals surface area contributed by atoms with Crippen LogP contribution in [0.3, 0.4) is 0 Å². The Balaban J connectivity index is 1.97. The van der Waals surface area contributed by atoms with Gasteiger partial charge in [-0.25, -0.2) is 13.8 Å². The number of hydrazone groups is 1. The van der Waals surface area contributed by atoms with Gasteiger partial charge in [-0.1, -0.05) is 45.7 Å². The van der Waals surface area contributed by atoms with Crippen LogP contribution in [-0.2, 0) is 14.8 Å². The lowest BCUT2D eigenvalue weighted by Gasteiger charge is -2.16. The molecule has 1 N–H and O–H groups in total. The average molecular weight is 445 g/mol. The number of halogens is 2. The number of rotatable bonds is 6. The van der Waals surface area contributed by atoms with Crippen molar-refractivity contribution in [1.82, 2.24) is 9.73 Å². The highest BCUT2D eigenvalue weighted by molar-refractivity contribution is 9.10. The highest BCUT2D eigenvalue weighted by atomic mass is 79.9. The molecular formula is C16H15BrClN3O3S. The zero-order valence-corrected chi connectivity index (χ0v) is 16.3. The molecule has 0 aliphatic heterocycles. The van der Waals surface area contributed by atoms with Crippen LogP contribution < -0.4 is 5.43 Å². The maximum Gasteiger partial charge on any atom is 0.255 e. The van der Waals surface area contributed by atoms with E-state index in [-0.39, 0.29) is 11.4 Å². The third-order valence-corrected chi connectivity index (χ3v) is 5.98. The molecule has 0 radical (unpaired) electrons. The number of nitrogens with one attached hydrogen (secondary N) is 1. The predicted molar refractivity (Wildman–Crippen MR) is 101 cm³/mol. The summed E-state index contributed by atoms with van der Waals surface area (Å²) in [6.45, 7) is -0.363. The highest BCUT2D eigenvalue weighted by Crippen LogP contribution is 2.17. The fraction of sp³-hybridized carbons (Fsp3) is 0.125. The van der Waals surface area contributed by atoms with E-state index in [4.69, 9.17) is 11.6 Å². The summed E-state index contributed by atoms with van der Waals surface area (Å²) in [4.78, 5) is 12.0. The first kappa shape index (κ1) is 19.6. The van der Waals surface area contributed by atoms with Gasteiger partial charge in [-0.15, -0.1) is 0 Å². The molecule has 0 unspecified atom stereocenters. The van der Waals surface area contributed by atoms with Crippen molar-refractivity contribution in [2.45, 2.75) is 4.90 Å². The van der Waals surface area contributed by atoms with E-state index in [2.05, 4.69) is 26.5 Å². The minimum atomic E-state index is -3.78. The van der Waals surface area contributed by atoms with E-state index in [0.29, 0.717) is 5.02 Å². The number of carbonyl (C=O) groups is 1. The number of likely N-dealkylation sites (N-methyl/N-ethyl adjacent to an activating group) is 1. The van der Waals surface area contributed by atoms with E-state index >= 15 is 0 Å². The molecule has 2 rings (SSSR count). The van der Waals surface area contributed by atoms with Gasteiger partial charge in [0.2, 0.25) is 10.0 Å². The Bertz CT molecular complexity index is 886. The molecule has 132 valence electrons. The van der Waals surface area contributed by atoms with Gasteiger partial charge in [0.1, 0.15) is 0 Å². The van der Waals surface area contributed by atoms with Gasteiger partial charge in [0.25, 0.3) is 5.91 Å². The first-order valence-corrected chi connectivity index (χ1v) is 9.70. The van der Waals surface area contributed by atoms with E-state index in [1.54, 1.807) is 0 Å². The summed E-state index contributed by atoms with van der Waals surface area (Å²) in [5.41, 5.74) is 3.09. The largest absolute Gasteiger partial charge is 0.272 e. The molecule has 0 aliphatic carbocycles. The van der Waals surface area contributed by atoms with Crippen LogP contribution in [0.4, 0.5) is 0 Å². The fourth-order valence-electron chi connectivity index (χ4n) is 1.86. The Morgan fingerprint density at radius 1 is 1.24 bits per heavy atom. The van der Waals surface area contributed by atoms with Crippen molar-refractivity contribution >= 4 is 49.7 Å². The molecule has 2 aromatic carbocycles. The Labute approximate surface area is 159 Å². The van der Waals surface area contributed by atoms with Crippen LogP contribution in [0, 0.1) is 0 Å². The second kappa shape index (κ2) is 8.57. The molecule has 0 atom stereocenters. The van der Waals surface area contributed by atoms with E-state index in [9.17, 15) is 13.2 Å². The smallest absolute Gasteiger partial charge is 0.255 e. The van der Waals surface area contributed by atoms with Gasteiger partial charge in [0.05, 0.1) is 17.7 Å². The van der Waals surface area contributed by atoms with Gasteiger partial charge in [-0.05, 0) is 30.3 Å². The highest BCUT2D eigenvalue weighted by Gasteiger charge is 2.22. The second-order valence-corrected chi connectivity index (χ2v) is 8.37. The fourth-order valence-corrected chi connectivity index (χ4v) is 3.50. The molecule has 0 saturated heterocycles. The van der Waals surface area contributed by atoms with Gasteiger partial charge in [0.15, 0.2) is 0 Å². The lowest BCUT2D eigenvalue weighted by molar-refractivity contribution is -0.121. The van der Waals surface area contributed by atoms with E-state index < -0.39 is 15.9 Å². The van der Waals surface area contributed by atoms with Crippen molar-refractivity contribution in [3.8, 4) is 0 Å². The molecule has 0 spiro atoms. The zero-order valence-electron chi connectivity index (χ0n) is 13.2. The van der Waals surface area contributed by atoms with E-state index in [1.807, 2.05) is 24.3 Å². The molecule has 0 aliphatic rings.